The Labute approximate surface area is 91.8 Å². The molecule has 1 amide bonds. The van der Waals surface area contributed by atoms with Gasteiger partial charge in [0.2, 0.25) is 0 Å². The predicted molar refractivity (Wildman–Crippen MR) is 59.9 cm³/mol. The lowest BCUT2D eigenvalue weighted by atomic mass is 10.0. The number of carbonyl (C=O) groups excluding carboxylic acids is 1. The van der Waals surface area contributed by atoms with Gasteiger partial charge in [0, 0.05) is 12.1 Å². The molecular weight excluding hydrogens is 192 g/mol. The van der Waals surface area contributed by atoms with E-state index in [1.165, 1.54) is 0 Å². The Morgan fingerprint density at radius 3 is 2.67 bits per heavy atom. The summed E-state index contributed by atoms with van der Waals surface area (Å²) in [5.41, 5.74) is -0.421. The number of rotatable bonds is 1. The van der Waals surface area contributed by atoms with Gasteiger partial charge in [0.05, 0.1) is 0 Å². The summed E-state index contributed by atoms with van der Waals surface area (Å²) in [6.07, 6.45) is 1.81. The predicted octanol–water partition coefficient (Wildman–Crippen LogP) is 1.65. The van der Waals surface area contributed by atoms with Gasteiger partial charge < -0.3 is 15.4 Å². The quantitative estimate of drug-likeness (QED) is 0.698. The fourth-order valence-corrected chi connectivity index (χ4v) is 1.70. The summed E-state index contributed by atoms with van der Waals surface area (Å²) in [7, 11) is 0. The zero-order valence-electron chi connectivity index (χ0n) is 10.1. The van der Waals surface area contributed by atoms with Crippen LogP contribution in [0.5, 0.6) is 0 Å². The minimum atomic E-state index is -0.421. The molecule has 0 unspecified atom stereocenters. The molecule has 1 heterocycles. The Morgan fingerprint density at radius 1 is 1.47 bits per heavy atom. The van der Waals surface area contributed by atoms with Crippen LogP contribution in [-0.2, 0) is 4.74 Å². The van der Waals surface area contributed by atoms with Crippen molar-refractivity contribution in [2.75, 3.05) is 6.54 Å². The molecule has 2 atom stereocenters. The first-order chi connectivity index (χ1) is 6.88. The summed E-state index contributed by atoms with van der Waals surface area (Å²) < 4.78 is 5.21. The largest absolute Gasteiger partial charge is 0.444 e. The molecule has 0 aromatic rings. The second-order valence-corrected chi connectivity index (χ2v) is 5.14. The van der Waals surface area contributed by atoms with Crippen LogP contribution in [0.3, 0.4) is 0 Å². The average molecular weight is 214 g/mol. The highest BCUT2D eigenvalue weighted by Crippen LogP contribution is 2.11. The van der Waals surface area contributed by atoms with Crippen molar-refractivity contribution in [3.63, 3.8) is 0 Å². The minimum absolute atomic E-state index is 0.189. The van der Waals surface area contributed by atoms with Gasteiger partial charge in [0.1, 0.15) is 5.60 Å². The van der Waals surface area contributed by atoms with Gasteiger partial charge in [0.25, 0.3) is 0 Å². The average Bonchev–Trinajstić information content (AvgIpc) is 2.05. The van der Waals surface area contributed by atoms with E-state index < -0.39 is 5.60 Å². The molecule has 0 bridgehead atoms. The van der Waals surface area contributed by atoms with E-state index in [2.05, 4.69) is 17.6 Å². The van der Waals surface area contributed by atoms with Crippen LogP contribution in [0.2, 0.25) is 0 Å². The maximum Gasteiger partial charge on any atom is 0.407 e. The molecule has 15 heavy (non-hydrogen) atoms. The Kier molecular flexibility index (Phi) is 3.97. The van der Waals surface area contributed by atoms with Crippen LogP contribution >= 0.6 is 0 Å². The van der Waals surface area contributed by atoms with E-state index in [1.54, 1.807) is 0 Å². The van der Waals surface area contributed by atoms with E-state index in [1.807, 2.05) is 20.8 Å². The number of carbonyl (C=O) groups is 1. The molecule has 1 aliphatic rings. The summed E-state index contributed by atoms with van der Waals surface area (Å²) in [4.78, 5) is 11.5. The molecule has 0 radical (unpaired) electrons. The zero-order valence-corrected chi connectivity index (χ0v) is 10.1. The van der Waals surface area contributed by atoms with Crippen LogP contribution in [0.4, 0.5) is 4.79 Å². The minimum Gasteiger partial charge on any atom is -0.444 e. The highest BCUT2D eigenvalue weighted by atomic mass is 16.6. The van der Waals surface area contributed by atoms with Crippen LogP contribution in [0.15, 0.2) is 0 Å². The van der Waals surface area contributed by atoms with Gasteiger partial charge in [-0.05, 0) is 47.1 Å². The number of ether oxygens (including phenoxy) is 1. The van der Waals surface area contributed by atoms with Gasteiger partial charge in [-0.1, -0.05) is 0 Å². The fourth-order valence-electron chi connectivity index (χ4n) is 1.70. The second-order valence-electron chi connectivity index (χ2n) is 5.14. The number of hydrogen-bond donors (Lipinski definition) is 2. The highest BCUT2D eigenvalue weighted by molar-refractivity contribution is 5.68. The first kappa shape index (κ1) is 12.3. The maximum atomic E-state index is 11.5. The highest BCUT2D eigenvalue weighted by Gasteiger charge is 2.24. The third-order valence-corrected chi connectivity index (χ3v) is 2.46. The van der Waals surface area contributed by atoms with Crippen molar-refractivity contribution in [2.24, 2.45) is 0 Å². The van der Waals surface area contributed by atoms with Gasteiger partial charge in [-0.3, -0.25) is 0 Å². The summed E-state index contributed by atoms with van der Waals surface area (Å²) in [6, 6.07) is 0.514. The van der Waals surface area contributed by atoms with Gasteiger partial charge >= 0.3 is 6.09 Å². The third kappa shape index (κ3) is 4.51. The van der Waals surface area contributed by atoms with E-state index >= 15 is 0 Å². The summed E-state index contributed by atoms with van der Waals surface area (Å²) >= 11 is 0. The number of nitrogens with one attached hydrogen (secondary N) is 2. The summed E-state index contributed by atoms with van der Waals surface area (Å²) in [5.74, 6) is 0. The van der Waals surface area contributed by atoms with Gasteiger partial charge in [0.15, 0.2) is 0 Å². The topological polar surface area (TPSA) is 50.4 Å². The molecule has 88 valence electrons. The van der Waals surface area contributed by atoms with Gasteiger partial charge in [-0.15, -0.1) is 0 Å². The molecule has 1 fully saturated rings. The third-order valence-electron chi connectivity index (χ3n) is 2.46. The SMILES string of the molecule is C[C@@H]1NCCC[C@H]1NC(=O)OC(C)(C)C. The van der Waals surface area contributed by atoms with Crippen molar-refractivity contribution in [2.45, 2.75) is 58.2 Å². The van der Waals surface area contributed by atoms with E-state index in [0.717, 1.165) is 19.4 Å². The first-order valence-electron chi connectivity index (χ1n) is 5.61. The van der Waals surface area contributed by atoms with Crippen molar-refractivity contribution in [3.8, 4) is 0 Å². The van der Waals surface area contributed by atoms with Crippen molar-refractivity contribution >= 4 is 6.09 Å². The normalized spacial score (nSPS) is 27.2. The lowest BCUT2D eigenvalue weighted by Crippen LogP contribution is -2.52. The van der Waals surface area contributed by atoms with E-state index in [-0.39, 0.29) is 12.1 Å². The molecule has 1 aliphatic heterocycles. The van der Waals surface area contributed by atoms with Crippen LogP contribution in [0, 0.1) is 0 Å². The van der Waals surface area contributed by atoms with Crippen molar-refractivity contribution < 1.29 is 9.53 Å². The molecule has 0 aromatic carbocycles. The van der Waals surface area contributed by atoms with Crippen molar-refractivity contribution in [1.82, 2.24) is 10.6 Å². The molecule has 1 saturated heterocycles. The molecule has 0 aliphatic carbocycles. The van der Waals surface area contributed by atoms with Gasteiger partial charge in [-0.25, -0.2) is 4.79 Å². The Bertz CT molecular complexity index is 223. The van der Waals surface area contributed by atoms with Crippen LogP contribution in [0.1, 0.15) is 40.5 Å². The van der Waals surface area contributed by atoms with Crippen molar-refractivity contribution in [3.05, 3.63) is 0 Å². The molecule has 0 aromatic heterocycles. The van der Waals surface area contributed by atoms with E-state index in [0.29, 0.717) is 6.04 Å². The fraction of sp³-hybridized carbons (Fsp3) is 0.909. The monoisotopic (exact) mass is 214 g/mol. The lowest BCUT2D eigenvalue weighted by Gasteiger charge is -2.31. The van der Waals surface area contributed by atoms with E-state index in [9.17, 15) is 4.79 Å². The molecule has 1 rings (SSSR count). The Morgan fingerprint density at radius 2 is 2.13 bits per heavy atom. The summed E-state index contributed by atoms with van der Waals surface area (Å²) in [6.45, 7) is 8.73. The van der Waals surface area contributed by atoms with Crippen LogP contribution < -0.4 is 10.6 Å². The number of piperidine rings is 1. The zero-order chi connectivity index (χ0) is 11.5. The number of alkyl carbamates (subject to hydrolysis) is 1. The van der Waals surface area contributed by atoms with Crippen molar-refractivity contribution in [1.29, 1.82) is 0 Å². The smallest absolute Gasteiger partial charge is 0.407 e. The molecule has 0 saturated carbocycles. The molecule has 4 heteroatoms. The summed E-state index contributed by atoms with van der Waals surface area (Å²) in [5, 5.41) is 6.23. The second kappa shape index (κ2) is 4.84. The molecule has 2 N–H and O–H groups in total. The number of hydrogen-bond acceptors (Lipinski definition) is 3. The first-order valence-corrected chi connectivity index (χ1v) is 5.61. The van der Waals surface area contributed by atoms with Gasteiger partial charge in [-0.2, -0.15) is 0 Å². The van der Waals surface area contributed by atoms with Crippen LogP contribution in [-0.4, -0.2) is 30.3 Å². The number of amides is 1. The Balaban J connectivity index is 2.36. The van der Waals surface area contributed by atoms with Crippen LogP contribution in [0.25, 0.3) is 0 Å². The van der Waals surface area contributed by atoms with E-state index in [4.69, 9.17) is 4.74 Å². The molecule has 4 nitrogen and oxygen atoms in total. The standard InChI is InChI=1S/C11H22N2O2/c1-8-9(6-5-7-12-8)13-10(14)15-11(2,3)4/h8-9,12H,5-7H2,1-4H3,(H,13,14)/t8-,9+/m0/s1. The maximum absolute atomic E-state index is 11.5. The molecule has 0 spiro atoms. The molecular formula is C11H22N2O2. The lowest BCUT2D eigenvalue weighted by molar-refractivity contribution is 0.0484. The Hall–Kier alpha value is -0.770.